The smallest absolute Gasteiger partial charge is 0.387 e. The summed E-state index contributed by atoms with van der Waals surface area (Å²) in [6.07, 6.45) is 1.29. The molecule has 0 bridgehead atoms. The van der Waals surface area contributed by atoms with Crippen LogP contribution in [-0.2, 0) is 4.79 Å². The number of methoxy groups -OCH3 is 1. The topological polar surface area (TPSA) is 119 Å². The van der Waals surface area contributed by atoms with Crippen molar-refractivity contribution in [2.75, 3.05) is 13.7 Å². The summed E-state index contributed by atoms with van der Waals surface area (Å²) in [6.45, 7) is -3.49. The number of rotatable bonds is 7. The number of nitrogens with one attached hydrogen (secondary N) is 3. The van der Waals surface area contributed by atoms with Crippen LogP contribution in [0.4, 0.5) is 8.78 Å². The van der Waals surface area contributed by atoms with E-state index in [0.717, 1.165) is 6.07 Å². The average molecular weight is 383 g/mol. The van der Waals surface area contributed by atoms with Crippen molar-refractivity contribution < 1.29 is 37.1 Å². The molecule has 0 fully saturated rings. The Labute approximate surface area is 151 Å². The number of hydrazine groups is 1. The number of benzene rings is 1. The summed E-state index contributed by atoms with van der Waals surface area (Å²) >= 11 is 0. The van der Waals surface area contributed by atoms with E-state index in [2.05, 4.69) is 20.9 Å². The van der Waals surface area contributed by atoms with Gasteiger partial charge in [0.15, 0.2) is 17.3 Å². The second kappa shape index (κ2) is 9.17. The monoisotopic (exact) mass is 383 g/mol. The molecular formula is C16H15F2N3O6. The summed E-state index contributed by atoms with van der Waals surface area (Å²) < 4.78 is 38.6. The van der Waals surface area contributed by atoms with Crippen LogP contribution < -0.4 is 25.6 Å². The third-order valence-electron chi connectivity index (χ3n) is 3.11. The van der Waals surface area contributed by atoms with E-state index >= 15 is 0 Å². The number of hydrogen-bond acceptors (Lipinski definition) is 6. The van der Waals surface area contributed by atoms with Crippen LogP contribution in [0.3, 0.4) is 0 Å². The molecule has 0 aliphatic rings. The van der Waals surface area contributed by atoms with Gasteiger partial charge in [0.25, 0.3) is 11.8 Å². The third-order valence-corrected chi connectivity index (χ3v) is 3.11. The van der Waals surface area contributed by atoms with Gasteiger partial charge in [-0.25, -0.2) is 0 Å². The van der Waals surface area contributed by atoms with Crippen molar-refractivity contribution in [3.8, 4) is 11.5 Å². The molecule has 0 aliphatic heterocycles. The first-order valence-electron chi connectivity index (χ1n) is 7.44. The minimum Gasteiger partial charge on any atom is -0.493 e. The molecule has 1 heterocycles. The summed E-state index contributed by atoms with van der Waals surface area (Å²) in [5, 5.41) is 2.30. The molecule has 0 atom stereocenters. The summed E-state index contributed by atoms with van der Waals surface area (Å²) in [6, 6.07) is 6.46. The predicted octanol–water partition coefficient (Wildman–Crippen LogP) is 1.08. The molecule has 0 unspecified atom stereocenters. The molecular weight excluding hydrogens is 368 g/mol. The molecule has 144 valence electrons. The first-order valence-corrected chi connectivity index (χ1v) is 7.44. The largest absolute Gasteiger partial charge is 0.493 e. The van der Waals surface area contributed by atoms with Crippen molar-refractivity contribution in [1.82, 2.24) is 16.2 Å². The zero-order valence-corrected chi connectivity index (χ0v) is 14.0. The van der Waals surface area contributed by atoms with E-state index in [1.54, 1.807) is 0 Å². The Hall–Kier alpha value is -3.63. The van der Waals surface area contributed by atoms with Gasteiger partial charge in [-0.15, -0.1) is 0 Å². The van der Waals surface area contributed by atoms with Crippen molar-refractivity contribution in [1.29, 1.82) is 0 Å². The van der Waals surface area contributed by atoms with Crippen LogP contribution in [-0.4, -0.2) is 38.0 Å². The van der Waals surface area contributed by atoms with Crippen LogP contribution in [0.5, 0.6) is 11.5 Å². The maximum absolute atomic E-state index is 12.3. The van der Waals surface area contributed by atoms with Gasteiger partial charge in [-0.2, -0.15) is 8.78 Å². The first kappa shape index (κ1) is 19.7. The number of alkyl halides is 2. The highest BCUT2D eigenvalue weighted by Crippen LogP contribution is 2.29. The average Bonchev–Trinajstić information content (AvgIpc) is 3.18. The number of amides is 3. The molecule has 27 heavy (non-hydrogen) atoms. The summed E-state index contributed by atoms with van der Waals surface area (Å²) in [5.41, 5.74) is 4.25. The van der Waals surface area contributed by atoms with Crippen LogP contribution in [0, 0.1) is 0 Å². The van der Waals surface area contributed by atoms with Crippen LogP contribution in [0.15, 0.2) is 41.0 Å². The van der Waals surface area contributed by atoms with Gasteiger partial charge in [-0.1, -0.05) is 0 Å². The maximum Gasteiger partial charge on any atom is 0.387 e. The minimum absolute atomic E-state index is 0.00228. The van der Waals surface area contributed by atoms with Gasteiger partial charge in [-0.3, -0.25) is 25.2 Å². The number of halogens is 2. The summed E-state index contributed by atoms with van der Waals surface area (Å²) in [4.78, 5) is 35.3. The normalized spacial score (nSPS) is 10.2. The Kier molecular flexibility index (Phi) is 6.69. The third kappa shape index (κ3) is 5.70. The van der Waals surface area contributed by atoms with Gasteiger partial charge >= 0.3 is 12.5 Å². The van der Waals surface area contributed by atoms with Crippen LogP contribution in [0.1, 0.15) is 20.9 Å². The molecule has 1 aromatic heterocycles. The SMILES string of the molecule is COc1cc(C(=O)NCC(=O)NNC(=O)c2ccco2)ccc1OC(F)F. The molecule has 2 aromatic rings. The first-order chi connectivity index (χ1) is 12.9. The van der Waals surface area contributed by atoms with Crippen molar-refractivity contribution >= 4 is 17.7 Å². The van der Waals surface area contributed by atoms with E-state index < -0.39 is 30.9 Å². The van der Waals surface area contributed by atoms with Gasteiger partial charge < -0.3 is 19.2 Å². The predicted molar refractivity (Wildman–Crippen MR) is 86.3 cm³/mol. The molecule has 0 saturated heterocycles. The minimum atomic E-state index is -3.04. The van der Waals surface area contributed by atoms with Gasteiger partial charge in [-0.05, 0) is 30.3 Å². The van der Waals surface area contributed by atoms with Crippen LogP contribution in [0.2, 0.25) is 0 Å². The molecule has 0 radical (unpaired) electrons. The van der Waals surface area contributed by atoms with Crippen molar-refractivity contribution in [3.63, 3.8) is 0 Å². The zero-order chi connectivity index (χ0) is 19.8. The molecule has 11 heteroatoms. The lowest BCUT2D eigenvalue weighted by Gasteiger charge is -2.11. The number of carbonyl (C=O) groups is 3. The van der Waals surface area contributed by atoms with Gasteiger partial charge in [0, 0.05) is 5.56 Å². The van der Waals surface area contributed by atoms with Crippen molar-refractivity contribution in [2.24, 2.45) is 0 Å². The molecule has 2 rings (SSSR count). The van der Waals surface area contributed by atoms with E-state index in [1.807, 2.05) is 0 Å². The van der Waals surface area contributed by atoms with Crippen LogP contribution >= 0.6 is 0 Å². The fourth-order valence-electron chi connectivity index (χ4n) is 1.90. The summed E-state index contributed by atoms with van der Waals surface area (Å²) in [5.74, 6) is -2.34. The van der Waals surface area contributed by atoms with E-state index in [-0.39, 0.29) is 22.8 Å². The molecule has 0 saturated carbocycles. The molecule has 0 spiro atoms. The van der Waals surface area contributed by atoms with E-state index in [9.17, 15) is 23.2 Å². The maximum atomic E-state index is 12.3. The van der Waals surface area contributed by atoms with E-state index in [0.29, 0.717) is 0 Å². The van der Waals surface area contributed by atoms with E-state index in [1.165, 1.54) is 37.6 Å². The molecule has 0 aliphatic carbocycles. The van der Waals surface area contributed by atoms with Crippen molar-refractivity contribution in [3.05, 3.63) is 47.9 Å². The number of ether oxygens (including phenoxy) is 2. The lowest BCUT2D eigenvalue weighted by atomic mass is 10.2. The highest BCUT2D eigenvalue weighted by Gasteiger charge is 2.15. The lowest BCUT2D eigenvalue weighted by molar-refractivity contribution is -0.120. The quantitative estimate of drug-likeness (QED) is 0.616. The molecule has 9 nitrogen and oxygen atoms in total. The van der Waals surface area contributed by atoms with Gasteiger partial charge in [0.2, 0.25) is 0 Å². The standard InChI is InChI=1S/C16H15F2N3O6/c1-25-12-7-9(4-5-10(12)27-16(17)18)14(23)19-8-13(22)20-21-15(24)11-3-2-6-26-11/h2-7,16H,8H2,1H3,(H,19,23)(H,20,22)(H,21,24). The fraction of sp³-hybridized carbons (Fsp3) is 0.188. The highest BCUT2D eigenvalue weighted by atomic mass is 19.3. The Morgan fingerprint density at radius 1 is 1.11 bits per heavy atom. The van der Waals surface area contributed by atoms with Crippen LogP contribution in [0.25, 0.3) is 0 Å². The number of hydrogen-bond donors (Lipinski definition) is 3. The molecule has 3 N–H and O–H groups in total. The molecule has 3 amide bonds. The Balaban J connectivity index is 1.85. The molecule has 1 aromatic carbocycles. The Bertz CT molecular complexity index is 810. The zero-order valence-electron chi connectivity index (χ0n) is 14.0. The Morgan fingerprint density at radius 2 is 1.89 bits per heavy atom. The number of carbonyl (C=O) groups excluding carboxylic acids is 3. The highest BCUT2D eigenvalue weighted by molar-refractivity contribution is 5.97. The number of furan rings is 1. The Morgan fingerprint density at radius 3 is 2.52 bits per heavy atom. The second-order valence-corrected chi connectivity index (χ2v) is 4.91. The lowest BCUT2D eigenvalue weighted by Crippen LogP contribution is -2.46. The van der Waals surface area contributed by atoms with Gasteiger partial charge in [0.1, 0.15) is 0 Å². The van der Waals surface area contributed by atoms with Gasteiger partial charge in [0.05, 0.1) is 19.9 Å². The summed E-state index contributed by atoms with van der Waals surface area (Å²) in [7, 11) is 1.23. The van der Waals surface area contributed by atoms with Crippen molar-refractivity contribution in [2.45, 2.75) is 6.61 Å². The fourth-order valence-corrected chi connectivity index (χ4v) is 1.90. The second-order valence-electron chi connectivity index (χ2n) is 4.91. The van der Waals surface area contributed by atoms with E-state index in [4.69, 9.17) is 9.15 Å².